The third kappa shape index (κ3) is 4.67. The van der Waals surface area contributed by atoms with Crippen molar-refractivity contribution in [1.29, 1.82) is 0 Å². The molecule has 3 aromatic rings. The van der Waals surface area contributed by atoms with Gasteiger partial charge < -0.3 is 4.74 Å². The maximum absolute atomic E-state index is 12.1. The molecule has 0 bridgehead atoms. The quantitative estimate of drug-likeness (QED) is 0.509. The Morgan fingerprint density at radius 2 is 1.80 bits per heavy atom. The molecule has 0 aliphatic carbocycles. The molecule has 4 nitrogen and oxygen atoms in total. The van der Waals surface area contributed by atoms with E-state index in [0.717, 1.165) is 20.8 Å². The van der Waals surface area contributed by atoms with E-state index in [1.165, 1.54) is 0 Å². The maximum Gasteiger partial charge on any atom is 0.280 e. The van der Waals surface area contributed by atoms with Crippen LogP contribution >= 0.6 is 15.9 Å². The average Bonchev–Trinajstić information content (AvgIpc) is 2.63. The van der Waals surface area contributed by atoms with Crippen molar-refractivity contribution in [3.05, 3.63) is 76.8 Å². The minimum atomic E-state index is -0.650. The van der Waals surface area contributed by atoms with Crippen molar-refractivity contribution < 1.29 is 9.53 Å². The molecule has 0 aliphatic heterocycles. The monoisotopic (exact) mass is 396 g/mol. The van der Waals surface area contributed by atoms with E-state index in [9.17, 15) is 4.79 Å². The number of nitrogens with one attached hydrogen (secondary N) is 1. The zero-order chi connectivity index (χ0) is 17.6. The van der Waals surface area contributed by atoms with Gasteiger partial charge in [0.15, 0.2) is 6.10 Å². The summed E-state index contributed by atoms with van der Waals surface area (Å²) in [6.07, 6.45) is 0.941. The van der Waals surface area contributed by atoms with Crippen LogP contribution in [0.5, 0.6) is 5.75 Å². The molecule has 1 N–H and O–H groups in total. The fraction of sp³-hybridized carbons (Fsp3) is 0.100. The van der Waals surface area contributed by atoms with Crippen LogP contribution in [-0.4, -0.2) is 18.2 Å². The second kappa shape index (κ2) is 7.94. The summed E-state index contributed by atoms with van der Waals surface area (Å²) in [5.41, 5.74) is 3.39. The fourth-order valence-electron chi connectivity index (χ4n) is 2.31. The Balaban J connectivity index is 1.58. The number of carbonyl (C=O) groups is 1. The zero-order valence-corrected chi connectivity index (χ0v) is 15.2. The summed E-state index contributed by atoms with van der Waals surface area (Å²) >= 11 is 3.37. The highest BCUT2D eigenvalue weighted by Gasteiger charge is 2.14. The summed E-state index contributed by atoms with van der Waals surface area (Å²) in [6, 6.07) is 21.4. The summed E-state index contributed by atoms with van der Waals surface area (Å²) in [4.78, 5) is 12.1. The molecule has 1 unspecified atom stereocenters. The van der Waals surface area contributed by atoms with Crippen LogP contribution in [0.4, 0.5) is 0 Å². The number of hydrogen-bond donors (Lipinski definition) is 1. The number of nitrogens with zero attached hydrogens (tertiary/aromatic N) is 1. The van der Waals surface area contributed by atoms with Gasteiger partial charge in [-0.15, -0.1) is 0 Å². The first-order valence-corrected chi connectivity index (χ1v) is 8.65. The largest absolute Gasteiger partial charge is 0.481 e. The third-order valence-corrected chi connectivity index (χ3v) is 4.19. The molecule has 0 saturated heterocycles. The van der Waals surface area contributed by atoms with Gasteiger partial charge in [-0.2, -0.15) is 5.10 Å². The van der Waals surface area contributed by atoms with Gasteiger partial charge >= 0.3 is 0 Å². The van der Waals surface area contributed by atoms with Crippen LogP contribution in [0, 0.1) is 0 Å². The zero-order valence-electron chi connectivity index (χ0n) is 13.6. The molecule has 1 atom stereocenters. The molecule has 126 valence electrons. The van der Waals surface area contributed by atoms with Crippen molar-refractivity contribution in [2.75, 3.05) is 0 Å². The second-order valence-corrected chi connectivity index (χ2v) is 6.47. The number of halogens is 1. The molecule has 0 saturated carbocycles. The number of carbonyl (C=O) groups excluding carboxylic acids is 1. The van der Waals surface area contributed by atoms with Crippen molar-refractivity contribution in [2.45, 2.75) is 13.0 Å². The van der Waals surface area contributed by atoms with E-state index in [4.69, 9.17) is 4.74 Å². The predicted octanol–water partition coefficient (Wildman–Crippen LogP) is 4.52. The topological polar surface area (TPSA) is 50.7 Å². The van der Waals surface area contributed by atoms with Gasteiger partial charge in [0.2, 0.25) is 0 Å². The van der Waals surface area contributed by atoms with E-state index in [1.807, 2.05) is 66.7 Å². The standard InChI is InChI=1S/C20H17BrN2O2/c1-14(20(24)23-22-13-15-6-9-18(21)10-7-15)25-19-11-8-16-4-2-3-5-17(16)12-19/h2-14H,1H3,(H,23,24)/b22-13+. The number of ether oxygens (including phenoxy) is 1. The van der Waals surface area contributed by atoms with Gasteiger partial charge in [0, 0.05) is 4.47 Å². The minimum Gasteiger partial charge on any atom is -0.481 e. The summed E-state index contributed by atoms with van der Waals surface area (Å²) in [7, 11) is 0. The molecule has 0 heterocycles. The van der Waals surface area contributed by atoms with Crippen LogP contribution in [0.3, 0.4) is 0 Å². The third-order valence-electron chi connectivity index (χ3n) is 3.66. The lowest BCUT2D eigenvalue weighted by molar-refractivity contribution is -0.127. The Kier molecular flexibility index (Phi) is 5.46. The van der Waals surface area contributed by atoms with Crippen LogP contribution in [0.15, 0.2) is 76.3 Å². The summed E-state index contributed by atoms with van der Waals surface area (Å²) in [6.45, 7) is 1.69. The fourth-order valence-corrected chi connectivity index (χ4v) is 2.57. The summed E-state index contributed by atoms with van der Waals surface area (Å²) in [5, 5.41) is 6.16. The van der Waals surface area contributed by atoms with Crippen LogP contribution in [-0.2, 0) is 4.79 Å². The van der Waals surface area contributed by atoms with Crippen LogP contribution < -0.4 is 10.2 Å². The summed E-state index contributed by atoms with van der Waals surface area (Å²) < 4.78 is 6.70. The lowest BCUT2D eigenvalue weighted by atomic mass is 10.1. The Hall–Kier alpha value is -2.66. The normalized spacial score (nSPS) is 12.2. The minimum absolute atomic E-state index is 0.304. The molecule has 3 rings (SSSR count). The number of fused-ring (bicyclic) bond motifs is 1. The number of benzene rings is 3. The van der Waals surface area contributed by atoms with Crippen LogP contribution in [0.1, 0.15) is 12.5 Å². The Labute approximate surface area is 154 Å². The highest BCUT2D eigenvalue weighted by atomic mass is 79.9. The molecule has 25 heavy (non-hydrogen) atoms. The smallest absolute Gasteiger partial charge is 0.280 e. The Morgan fingerprint density at radius 1 is 1.08 bits per heavy atom. The van der Waals surface area contributed by atoms with Gasteiger partial charge in [0.1, 0.15) is 5.75 Å². The predicted molar refractivity (Wildman–Crippen MR) is 104 cm³/mol. The van der Waals surface area contributed by atoms with E-state index in [2.05, 4.69) is 26.5 Å². The second-order valence-electron chi connectivity index (χ2n) is 5.55. The first-order chi connectivity index (χ1) is 12.1. The van der Waals surface area contributed by atoms with Crippen LogP contribution in [0.25, 0.3) is 10.8 Å². The molecule has 0 aromatic heterocycles. The highest BCUT2D eigenvalue weighted by molar-refractivity contribution is 9.10. The SMILES string of the molecule is CC(Oc1ccc2ccccc2c1)C(=O)N/N=C/c1ccc(Br)cc1. The first kappa shape index (κ1) is 17.2. The molecule has 1 amide bonds. The lowest BCUT2D eigenvalue weighted by Crippen LogP contribution is -2.33. The number of hydrogen-bond acceptors (Lipinski definition) is 3. The van der Waals surface area contributed by atoms with E-state index < -0.39 is 6.10 Å². The van der Waals surface area contributed by atoms with Crippen LogP contribution in [0.2, 0.25) is 0 Å². The molecule has 0 spiro atoms. The van der Waals surface area contributed by atoms with Crippen molar-refractivity contribution in [1.82, 2.24) is 5.43 Å². The highest BCUT2D eigenvalue weighted by Crippen LogP contribution is 2.21. The first-order valence-electron chi connectivity index (χ1n) is 7.86. The Morgan fingerprint density at radius 3 is 2.56 bits per heavy atom. The van der Waals surface area contributed by atoms with E-state index in [-0.39, 0.29) is 5.91 Å². The summed E-state index contributed by atoms with van der Waals surface area (Å²) in [5.74, 6) is 0.347. The van der Waals surface area contributed by atoms with E-state index >= 15 is 0 Å². The number of rotatable bonds is 5. The molecule has 0 radical (unpaired) electrons. The maximum atomic E-state index is 12.1. The molecule has 3 aromatic carbocycles. The van der Waals surface area contributed by atoms with E-state index in [0.29, 0.717) is 5.75 Å². The van der Waals surface area contributed by atoms with Crippen molar-refractivity contribution >= 4 is 38.8 Å². The molecule has 0 aliphatic rings. The number of hydrazone groups is 1. The average molecular weight is 397 g/mol. The van der Waals surface area contributed by atoms with Crippen molar-refractivity contribution in [3.63, 3.8) is 0 Å². The van der Waals surface area contributed by atoms with E-state index in [1.54, 1.807) is 13.1 Å². The molecule has 0 fully saturated rings. The molecular weight excluding hydrogens is 380 g/mol. The van der Waals surface area contributed by atoms with Crippen molar-refractivity contribution in [2.24, 2.45) is 5.10 Å². The lowest BCUT2D eigenvalue weighted by Gasteiger charge is -2.13. The van der Waals surface area contributed by atoms with Gasteiger partial charge in [0.25, 0.3) is 5.91 Å². The van der Waals surface area contributed by atoms with Gasteiger partial charge in [-0.25, -0.2) is 5.43 Å². The van der Waals surface area contributed by atoms with Crippen molar-refractivity contribution in [3.8, 4) is 5.75 Å². The van der Waals surface area contributed by atoms with Gasteiger partial charge in [-0.1, -0.05) is 58.4 Å². The van der Waals surface area contributed by atoms with Gasteiger partial charge in [0.05, 0.1) is 6.21 Å². The number of amides is 1. The van der Waals surface area contributed by atoms with Gasteiger partial charge in [-0.05, 0) is 47.5 Å². The molecular formula is C20H17BrN2O2. The van der Waals surface area contributed by atoms with Gasteiger partial charge in [-0.3, -0.25) is 4.79 Å². The Bertz CT molecular complexity index is 907. The molecule has 5 heteroatoms.